The van der Waals surface area contributed by atoms with Gasteiger partial charge in [-0.05, 0) is 45.4 Å². The standard InChI is InChI=1S/C24H27N3O4/c1-5-30-21-9-7-6-8-20(21)25-22(28)15-31-24(29)23-17(3)26-27(18(23)4)14-19-12-10-16(2)11-13-19/h6-13H,5,14-15H2,1-4H3,(H,25,28). The molecule has 0 bridgehead atoms. The number of hydrogen-bond donors (Lipinski definition) is 1. The monoisotopic (exact) mass is 421 g/mol. The van der Waals surface area contributed by atoms with E-state index in [0.29, 0.717) is 41.5 Å². The van der Waals surface area contributed by atoms with Crippen molar-refractivity contribution in [3.8, 4) is 5.75 Å². The molecule has 31 heavy (non-hydrogen) atoms. The number of aromatic nitrogens is 2. The Morgan fingerprint density at radius 2 is 1.74 bits per heavy atom. The third kappa shape index (κ3) is 5.51. The fourth-order valence-corrected chi connectivity index (χ4v) is 3.25. The summed E-state index contributed by atoms with van der Waals surface area (Å²) >= 11 is 0. The molecule has 2 aromatic carbocycles. The Balaban J connectivity index is 1.63. The van der Waals surface area contributed by atoms with Gasteiger partial charge in [0.1, 0.15) is 11.3 Å². The highest BCUT2D eigenvalue weighted by molar-refractivity contribution is 5.97. The normalized spacial score (nSPS) is 10.6. The number of carbonyl (C=O) groups is 2. The van der Waals surface area contributed by atoms with Crippen LogP contribution in [0.3, 0.4) is 0 Å². The van der Waals surface area contributed by atoms with Gasteiger partial charge in [-0.15, -0.1) is 0 Å². The van der Waals surface area contributed by atoms with Crippen molar-refractivity contribution in [2.24, 2.45) is 0 Å². The van der Waals surface area contributed by atoms with Gasteiger partial charge in [-0.2, -0.15) is 5.10 Å². The second kappa shape index (κ2) is 9.93. The molecule has 0 spiro atoms. The number of benzene rings is 2. The SMILES string of the molecule is CCOc1ccccc1NC(=O)COC(=O)c1c(C)nn(Cc2ccc(C)cc2)c1C. The minimum Gasteiger partial charge on any atom is -0.492 e. The second-order valence-electron chi connectivity index (χ2n) is 7.24. The maximum Gasteiger partial charge on any atom is 0.342 e. The van der Waals surface area contributed by atoms with Crippen molar-refractivity contribution in [2.75, 3.05) is 18.5 Å². The van der Waals surface area contributed by atoms with E-state index in [1.807, 2.05) is 51.1 Å². The van der Waals surface area contributed by atoms with Crippen molar-refractivity contribution >= 4 is 17.6 Å². The topological polar surface area (TPSA) is 82.4 Å². The lowest BCUT2D eigenvalue weighted by molar-refractivity contribution is -0.119. The molecule has 7 nitrogen and oxygen atoms in total. The molecule has 0 radical (unpaired) electrons. The van der Waals surface area contributed by atoms with Gasteiger partial charge in [0.05, 0.1) is 30.2 Å². The molecule has 0 saturated carbocycles. The maximum absolute atomic E-state index is 12.6. The van der Waals surface area contributed by atoms with E-state index in [1.165, 1.54) is 5.56 Å². The van der Waals surface area contributed by atoms with E-state index in [9.17, 15) is 9.59 Å². The molecule has 0 aliphatic heterocycles. The summed E-state index contributed by atoms with van der Waals surface area (Å²) in [6.45, 7) is 8.11. The van der Waals surface area contributed by atoms with Gasteiger partial charge in [0.25, 0.3) is 5.91 Å². The molecule has 0 fully saturated rings. The number of nitrogens with one attached hydrogen (secondary N) is 1. The van der Waals surface area contributed by atoms with Crippen LogP contribution in [-0.2, 0) is 16.1 Å². The summed E-state index contributed by atoms with van der Waals surface area (Å²) in [7, 11) is 0. The summed E-state index contributed by atoms with van der Waals surface area (Å²) in [4.78, 5) is 24.9. The van der Waals surface area contributed by atoms with Crippen molar-refractivity contribution < 1.29 is 19.1 Å². The molecule has 0 aliphatic rings. The van der Waals surface area contributed by atoms with Crippen LogP contribution in [-0.4, -0.2) is 34.9 Å². The van der Waals surface area contributed by atoms with Crippen molar-refractivity contribution in [1.29, 1.82) is 0 Å². The average molecular weight is 421 g/mol. The summed E-state index contributed by atoms with van der Waals surface area (Å²) in [6, 6.07) is 15.3. The van der Waals surface area contributed by atoms with Gasteiger partial charge in [-0.25, -0.2) is 4.79 Å². The minimum absolute atomic E-state index is 0.384. The molecule has 0 aliphatic carbocycles. The van der Waals surface area contributed by atoms with Crippen LogP contribution in [0.4, 0.5) is 5.69 Å². The van der Waals surface area contributed by atoms with Gasteiger partial charge in [0, 0.05) is 0 Å². The van der Waals surface area contributed by atoms with Crippen LogP contribution in [0.5, 0.6) is 5.75 Å². The van der Waals surface area contributed by atoms with E-state index >= 15 is 0 Å². The van der Waals surface area contributed by atoms with Gasteiger partial charge in [-0.1, -0.05) is 42.0 Å². The van der Waals surface area contributed by atoms with Crippen LogP contribution in [0.25, 0.3) is 0 Å². The Kier molecular flexibility index (Phi) is 7.07. The summed E-state index contributed by atoms with van der Waals surface area (Å²) < 4.78 is 12.5. The van der Waals surface area contributed by atoms with E-state index in [0.717, 1.165) is 5.56 Å². The van der Waals surface area contributed by atoms with Crippen LogP contribution < -0.4 is 10.1 Å². The lowest BCUT2D eigenvalue weighted by Gasteiger charge is -2.11. The fourth-order valence-electron chi connectivity index (χ4n) is 3.25. The molecule has 7 heteroatoms. The summed E-state index contributed by atoms with van der Waals surface area (Å²) in [5, 5.41) is 7.19. The number of carbonyl (C=O) groups excluding carboxylic acids is 2. The zero-order valence-corrected chi connectivity index (χ0v) is 18.3. The number of nitrogens with zero attached hydrogens (tertiary/aromatic N) is 2. The highest BCUT2D eigenvalue weighted by atomic mass is 16.5. The third-order valence-electron chi connectivity index (χ3n) is 4.83. The van der Waals surface area contributed by atoms with Crippen molar-refractivity contribution in [2.45, 2.75) is 34.2 Å². The number of esters is 1. The molecule has 1 amide bonds. The maximum atomic E-state index is 12.6. The molecule has 1 N–H and O–H groups in total. The number of amides is 1. The molecule has 162 valence electrons. The van der Waals surface area contributed by atoms with E-state index in [2.05, 4.69) is 10.4 Å². The van der Waals surface area contributed by atoms with E-state index in [4.69, 9.17) is 9.47 Å². The Bertz CT molecular complexity index is 1070. The van der Waals surface area contributed by atoms with E-state index in [1.54, 1.807) is 29.8 Å². The molecule has 0 atom stereocenters. The Morgan fingerprint density at radius 1 is 1.03 bits per heavy atom. The smallest absolute Gasteiger partial charge is 0.342 e. The molecule has 0 saturated heterocycles. The number of ether oxygens (including phenoxy) is 2. The predicted octanol–water partition coefficient (Wildman–Crippen LogP) is 4.05. The summed E-state index contributed by atoms with van der Waals surface area (Å²) in [5.74, 6) is -0.449. The largest absolute Gasteiger partial charge is 0.492 e. The number of hydrogen-bond acceptors (Lipinski definition) is 5. The van der Waals surface area contributed by atoms with E-state index < -0.39 is 18.5 Å². The van der Waals surface area contributed by atoms with Crippen LogP contribution >= 0.6 is 0 Å². The first kappa shape index (κ1) is 22.1. The molecule has 0 unspecified atom stereocenters. The molecule has 1 aromatic heterocycles. The number of anilines is 1. The highest BCUT2D eigenvalue weighted by Gasteiger charge is 2.21. The fraction of sp³-hybridized carbons (Fsp3) is 0.292. The van der Waals surface area contributed by atoms with Crippen LogP contribution in [0.2, 0.25) is 0 Å². The van der Waals surface area contributed by atoms with Gasteiger partial charge in [0.2, 0.25) is 0 Å². The average Bonchev–Trinajstić information content (AvgIpc) is 3.02. The van der Waals surface area contributed by atoms with Crippen LogP contribution in [0.15, 0.2) is 48.5 Å². The quantitative estimate of drug-likeness (QED) is 0.555. The first-order valence-corrected chi connectivity index (χ1v) is 10.2. The zero-order chi connectivity index (χ0) is 22.4. The number of para-hydroxylation sites is 2. The number of rotatable bonds is 8. The first-order chi connectivity index (χ1) is 14.9. The Morgan fingerprint density at radius 3 is 2.45 bits per heavy atom. The van der Waals surface area contributed by atoms with Crippen LogP contribution in [0.1, 0.15) is 39.8 Å². The summed E-state index contributed by atoms with van der Waals surface area (Å²) in [5.41, 5.74) is 4.45. The van der Waals surface area contributed by atoms with Gasteiger partial charge < -0.3 is 14.8 Å². The van der Waals surface area contributed by atoms with E-state index in [-0.39, 0.29) is 0 Å². The molecule has 3 aromatic rings. The zero-order valence-electron chi connectivity index (χ0n) is 18.3. The molecular formula is C24H27N3O4. The van der Waals surface area contributed by atoms with Crippen molar-refractivity contribution in [3.63, 3.8) is 0 Å². The first-order valence-electron chi connectivity index (χ1n) is 10.2. The van der Waals surface area contributed by atoms with Crippen molar-refractivity contribution in [3.05, 3.63) is 76.6 Å². The Hall–Kier alpha value is -3.61. The minimum atomic E-state index is -0.571. The van der Waals surface area contributed by atoms with Crippen molar-refractivity contribution in [1.82, 2.24) is 9.78 Å². The second-order valence-corrected chi connectivity index (χ2v) is 7.24. The lowest BCUT2D eigenvalue weighted by atomic mass is 10.1. The molecular weight excluding hydrogens is 394 g/mol. The van der Waals surface area contributed by atoms with Crippen LogP contribution in [0, 0.1) is 20.8 Å². The van der Waals surface area contributed by atoms with Gasteiger partial charge in [0.15, 0.2) is 6.61 Å². The molecule has 1 heterocycles. The predicted molar refractivity (Wildman–Crippen MR) is 119 cm³/mol. The third-order valence-corrected chi connectivity index (χ3v) is 4.83. The lowest BCUT2D eigenvalue weighted by Crippen LogP contribution is -2.21. The van der Waals surface area contributed by atoms with Gasteiger partial charge in [-0.3, -0.25) is 9.48 Å². The Labute approximate surface area is 182 Å². The highest BCUT2D eigenvalue weighted by Crippen LogP contribution is 2.23. The van der Waals surface area contributed by atoms with Gasteiger partial charge >= 0.3 is 5.97 Å². The molecule has 3 rings (SSSR count). The number of aryl methyl sites for hydroxylation is 2. The summed E-state index contributed by atoms with van der Waals surface area (Å²) in [6.07, 6.45) is 0.